The molecule has 2 aliphatic rings. The molecule has 1 amide bonds. The molecule has 6 nitrogen and oxygen atoms in total. The Labute approximate surface area is 187 Å². The van der Waals surface area contributed by atoms with Gasteiger partial charge in [-0.15, -0.1) is 0 Å². The van der Waals surface area contributed by atoms with Gasteiger partial charge in [0.15, 0.2) is 0 Å². The highest BCUT2D eigenvalue weighted by Gasteiger charge is 2.17. The molecule has 6 heteroatoms. The predicted octanol–water partition coefficient (Wildman–Crippen LogP) is 4.75. The molecule has 0 atom stereocenters. The fourth-order valence-corrected chi connectivity index (χ4v) is 3.98. The van der Waals surface area contributed by atoms with Crippen LogP contribution in [0.4, 0.5) is 5.69 Å². The van der Waals surface area contributed by atoms with Gasteiger partial charge in [-0.25, -0.2) is 9.97 Å². The Balaban J connectivity index is 1.25. The number of carbonyl (C=O) groups is 1. The molecule has 0 fully saturated rings. The van der Waals surface area contributed by atoms with Gasteiger partial charge in [-0.05, 0) is 60.4 Å². The van der Waals surface area contributed by atoms with Crippen LogP contribution in [0.15, 0.2) is 78.8 Å². The number of carbonyl (C=O) groups excluding carboxylic acids is 1. The maximum absolute atomic E-state index is 11.2. The minimum Gasteiger partial charge on any atom is -0.437 e. The minimum atomic E-state index is -0.0953. The van der Waals surface area contributed by atoms with Crippen LogP contribution < -0.4 is 10.1 Å². The van der Waals surface area contributed by atoms with Gasteiger partial charge in [0.1, 0.15) is 5.75 Å². The average Bonchev–Trinajstić information content (AvgIpc) is 2.96. The molecule has 1 aliphatic heterocycles. The second-order valence-corrected chi connectivity index (χ2v) is 7.97. The Bertz CT molecular complexity index is 1200. The van der Waals surface area contributed by atoms with E-state index in [-0.39, 0.29) is 5.91 Å². The van der Waals surface area contributed by atoms with E-state index in [9.17, 15) is 4.79 Å². The van der Waals surface area contributed by atoms with Crippen molar-refractivity contribution >= 4 is 11.6 Å². The maximum Gasteiger partial charge on any atom is 0.237 e. The standard InChI is InChI=1S/C26H24N4O2/c1-18(31)29-22-8-5-20(6-9-22)25-16-28-26(17-27-25)32-24-10-7-19-11-13-30(23-3-2-4-23)14-12-21(19)15-24/h2-10,15-17H,11-14H2,1H3,(H,29,31). The van der Waals surface area contributed by atoms with E-state index in [4.69, 9.17) is 4.74 Å². The molecule has 0 bridgehead atoms. The van der Waals surface area contributed by atoms with Crippen LogP contribution in [0.2, 0.25) is 0 Å². The lowest BCUT2D eigenvalue weighted by atomic mass is 10.0. The molecule has 1 aliphatic carbocycles. The van der Waals surface area contributed by atoms with Gasteiger partial charge in [0.25, 0.3) is 0 Å². The summed E-state index contributed by atoms with van der Waals surface area (Å²) in [6, 6.07) is 13.8. The lowest BCUT2D eigenvalue weighted by Crippen LogP contribution is -2.26. The Hall–Kier alpha value is -3.93. The van der Waals surface area contributed by atoms with Crippen LogP contribution in [0.1, 0.15) is 18.1 Å². The fraction of sp³-hybridized carbons (Fsp3) is 0.192. The summed E-state index contributed by atoms with van der Waals surface area (Å²) < 4.78 is 5.99. The second-order valence-electron chi connectivity index (χ2n) is 7.97. The Morgan fingerprint density at radius 1 is 1.00 bits per heavy atom. The summed E-state index contributed by atoms with van der Waals surface area (Å²) in [6.45, 7) is 3.55. The molecular weight excluding hydrogens is 400 g/mol. The van der Waals surface area contributed by atoms with Gasteiger partial charge in [0.05, 0.1) is 18.1 Å². The van der Waals surface area contributed by atoms with Gasteiger partial charge in [0, 0.05) is 37.0 Å². The zero-order valence-electron chi connectivity index (χ0n) is 17.9. The molecule has 5 rings (SSSR count). The number of hydrogen-bond acceptors (Lipinski definition) is 5. The quantitative estimate of drug-likeness (QED) is 0.640. The summed E-state index contributed by atoms with van der Waals surface area (Å²) in [6.07, 6.45) is 11.8. The largest absolute Gasteiger partial charge is 0.437 e. The Morgan fingerprint density at radius 3 is 2.44 bits per heavy atom. The van der Waals surface area contributed by atoms with Gasteiger partial charge >= 0.3 is 0 Å². The summed E-state index contributed by atoms with van der Waals surface area (Å²) in [5.41, 5.74) is 6.46. The van der Waals surface area contributed by atoms with Gasteiger partial charge in [-0.1, -0.05) is 24.3 Å². The number of rotatable bonds is 5. The summed E-state index contributed by atoms with van der Waals surface area (Å²) in [5.74, 6) is 1.15. The first-order valence-electron chi connectivity index (χ1n) is 10.8. The second kappa shape index (κ2) is 8.67. The molecule has 0 saturated carbocycles. The first-order chi connectivity index (χ1) is 15.6. The number of benzene rings is 2. The van der Waals surface area contributed by atoms with Crippen molar-refractivity contribution in [2.24, 2.45) is 0 Å². The highest BCUT2D eigenvalue weighted by Crippen LogP contribution is 2.27. The van der Waals surface area contributed by atoms with Gasteiger partial charge in [-0.3, -0.25) is 4.79 Å². The van der Waals surface area contributed by atoms with E-state index in [0.29, 0.717) is 5.88 Å². The SMILES string of the molecule is CC(=O)Nc1ccc(-c2cnc(Oc3ccc4c(c3)CCN(C3=CC=C3)CC4)cn2)cc1. The van der Waals surface area contributed by atoms with Crippen molar-refractivity contribution < 1.29 is 9.53 Å². The van der Waals surface area contributed by atoms with E-state index in [1.165, 1.54) is 23.7 Å². The number of nitrogens with one attached hydrogen (secondary N) is 1. The number of hydrogen-bond donors (Lipinski definition) is 1. The van der Waals surface area contributed by atoms with E-state index < -0.39 is 0 Å². The van der Waals surface area contributed by atoms with Gasteiger partial charge in [0.2, 0.25) is 11.8 Å². The third-order valence-corrected chi connectivity index (χ3v) is 5.73. The molecule has 0 unspecified atom stereocenters. The summed E-state index contributed by atoms with van der Waals surface area (Å²) in [7, 11) is 0. The molecular formula is C26H24N4O2. The molecule has 2 heterocycles. The highest BCUT2D eigenvalue weighted by molar-refractivity contribution is 5.88. The Kier molecular flexibility index (Phi) is 5.42. The van der Waals surface area contributed by atoms with E-state index >= 15 is 0 Å². The summed E-state index contributed by atoms with van der Waals surface area (Å²) >= 11 is 0. The number of nitrogens with zero attached hydrogens (tertiary/aromatic N) is 3. The van der Waals surface area contributed by atoms with Crippen LogP contribution in [-0.2, 0) is 17.6 Å². The number of anilines is 1. The lowest BCUT2D eigenvalue weighted by molar-refractivity contribution is -0.114. The van der Waals surface area contributed by atoms with Crippen molar-refractivity contribution in [3.8, 4) is 22.9 Å². The van der Waals surface area contributed by atoms with Crippen molar-refractivity contribution in [1.29, 1.82) is 0 Å². The predicted molar refractivity (Wildman–Crippen MR) is 124 cm³/mol. The molecule has 0 radical (unpaired) electrons. The molecule has 32 heavy (non-hydrogen) atoms. The number of allylic oxidation sites excluding steroid dienone is 3. The summed E-state index contributed by atoms with van der Waals surface area (Å²) in [5, 5.41) is 2.76. The third kappa shape index (κ3) is 4.39. The zero-order valence-corrected chi connectivity index (χ0v) is 17.9. The van der Waals surface area contributed by atoms with Crippen LogP contribution in [-0.4, -0.2) is 33.9 Å². The van der Waals surface area contributed by atoms with Crippen LogP contribution >= 0.6 is 0 Å². The lowest BCUT2D eigenvalue weighted by Gasteiger charge is -2.26. The highest BCUT2D eigenvalue weighted by atomic mass is 16.5. The van der Waals surface area contributed by atoms with Gasteiger partial charge in [-0.2, -0.15) is 0 Å². The molecule has 1 N–H and O–H groups in total. The van der Waals surface area contributed by atoms with Crippen molar-refractivity contribution in [2.75, 3.05) is 18.4 Å². The number of fused-ring (bicyclic) bond motifs is 1. The smallest absolute Gasteiger partial charge is 0.237 e. The van der Waals surface area contributed by atoms with E-state index in [0.717, 1.165) is 48.6 Å². The fourth-order valence-electron chi connectivity index (χ4n) is 3.98. The Morgan fingerprint density at radius 2 is 1.78 bits per heavy atom. The first-order valence-corrected chi connectivity index (χ1v) is 10.8. The molecule has 3 aromatic rings. The van der Waals surface area contributed by atoms with E-state index in [1.807, 2.05) is 30.3 Å². The number of amides is 1. The normalized spacial score (nSPS) is 14.7. The van der Waals surface area contributed by atoms with Crippen molar-refractivity contribution in [3.63, 3.8) is 0 Å². The number of ether oxygens (including phenoxy) is 1. The van der Waals surface area contributed by atoms with Crippen LogP contribution in [0.3, 0.4) is 0 Å². The topological polar surface area (TPSA) is 67.3 Å². The van der Waals surface area contributed by atoms with Crippen molar-refractivity contribution in [2.45, 2.75) is 19.8 Å². The van der Waals surface area contributed by atoms with Gasteiger partial charge < -0.3 is 15.0 Å². The van der Waals surface area contributed by atoms with E-state index in [1.54, 1.807) is 12.4 Å². The van der Waals surface area contributed by atoms with Crippen molar-refractivity contribution in [1.82, 2.24) is 14.9 Å². The first kappa shape index (κ1) is 20.0. The summed E-state index contributed by atoms with van der Waals surface area (Å²) in [4.78, 5) is 22.5. The van der Waals surface area contributed by atoms with Crippen LogP contribution in [0.5, 0.6) is 11.6 Å². The minimum absolute atomic E-state index is 0.0953. The van der Waals surface area contributed by atoms with E-state index in [2.05, 4.69) is 50.5 Å². The molecule has 2 aromatic carbocycles. The number of aromatic nitrogens is 2. The van der Waals surface area contributed by atoms with Crippen LogP contribution in [0, 0.1) is 0 Å². The zero-order chi connectivity index (χ0) is 21.9. The molecule has 1 aromatic heterocycles. The average molecular weight is 425 g/mol. The molecule has 0 spiro atoms. The molecule has 0 saturated heterocycles. The molecule has 160 valence electrons. The third-order valence-electron chi connectivity index (χ3n) is 5.73. The van der Waals surface area contributed by atoms with Crippen molar-refractivity contribution in [3.05, 3.63) is 89.9 Å². The maximum atomic E-state index is 11.2. The monoisotopic (exact) mass is 424 g/mol. The van der Waals surface area contributed by atoms with Crippen LogP contribution in [0.25, 0.3) is 11.3 Å².